The SMILES string of the molecule is CCCC/C(=C/c1ccccc1O)c1ccccc1. The van der Waals surface area contributed by atoms with Crippen molar-refractivity contribution in [2.24, 2.45) is 0 Å². The average molecular weight is 252 g/mol. The normalized spacial score (nSPS) is 11.5. The molecule has 0 heterocycles. The largest absolute Gasteiger partial charge is 0.507 e. The summed E-state index contributed by atoms with van der Waals surface area (Å²) in [5, 5.41) is 9.89. The standard InChI is InChI=1S/C18H20O/c1-2-3-9-16(15-10-5-4-6-11-15)14-17-12-7-8-13-18(17)19/h4-8,10-14,19H,2-3,9H2,1H3/b16-14-. The van der Waals surface area contributed by atoms with Gasteiger partial charge in [-0.15, -0.1) is 0 Å². The molecule has 0 aliphatic heterocycles. The van der Waals surface area contributed by atoms with E-state index in [0.29, 0.717) is 5.75 Å². The molecule has 19 heavy (non-hydrogen) atoms. The summed E-state index contributed by atoms with van der Waals surface area (Å²) in [5.74, 6) is 0.340. The number of hydrogen-bond donors (Lipinski definition) is 1. The number of phenolic OH excluding ortho intramolecular Hbond substituents is 1. The lowest BCUT2D eigenvalue weighted by Gasteiger charge is -2.08. The summed E-state index contributed by atoms with van der Waals surface area (Å²) >= 11 is 0. The van der Waals surface area contributed by atoms with Gasteiger partial charge in [-0.05, 0) is 36.1 Å². The highest BCUT2D eigenvalue weighted by Gasteiger charge is 2.03. The quantitative estimate of drug-likeness (QED) is 0.732. The molecule has 2 rings (SSSR count). The summed E-state index contributed by atoms with van der Waals surface area (Å²) < 4.78 is 0. The lowest BCUT2D eigenvalue weighted by molar-refractivity contribution is 0.474. The molecule has 0 fully saturated rings. The monoisotopic (exact) mass is 252 g/mol. The van der Waals surface area contributed by atoms with Crippen molar-refractivity contribution in [3.8, 4) is 5.75 Å². The molecule has 0 bridgehead atoms. The molecular formula is C18H20O. The Bertz CT molecular complexity index is 541. The molecule has 0 radical (unpaired) electrons. The highest BCUT2D eigenvalue weighted by Crippen LogP contribution is 2.27. The van der Waals surface area contributed by atoms with Gasteiger partial charge in [0.15, 0.2) is 0 Å². The van der Waals surface area contributed by atoms with Crippen LogP contribution in [0.15, 0.2) is 54.6 Å². The van der Waals surface area contributed by atoms with Crippen molar-refractivity contribution in [2.45, 2.75) is 26.2 Å². The highest BCUT2D eigenvalue weighted by atomic mass is 16.3. The minimum absolute atomic E-state index is 0.340. The van der Waals surface area contributed by atoms with E-state index in [4.69, 9.17) is 0 Å². The third-order valence-corrected chi connectivity index (χ3v) is 3.21. The third-order valence-electron chi connectivity index (χ3n) is 3.21. The van der Waals surface area contributed by atoms with Gasteiger partial charge >= 0.3 is 0 Å². The molecule has 1 nitrogen and oxygen atoms in total. The summed E-state index contributed by atoms with van der Waals surface area (Å²) in [4.78, 5) is 0. The first kappa shape index (κ1) is 13.4. The van der Waals surface area contributed by atoms with Crippen molar-refractivity contribution in [1.82, 2.24) is 0 Å². The van der Waals surface area contributed by atoms with Crippen LogP contribution in [0.4, 0.5) is 0 Å². The highest BCUT2D eigenvalue weighted by molar-refractivity contribution is 5.82. The Kier molecular flexibility index (Phi) is 4.79. The average Bonchev–Trinajstić information content (AvgIpc) is 2.46. The number of unbranched alkanes of at least 4 members (excludes halogenated alkanes) is 1. The minimum Gasteiger partial charge on any atom is -0.507 e. The lowest BCUT2D eigenvalue weighted by Crippen LogP contribution is -1.86. The fraction of sp³-hybridized carbons (Fsp3) is 0.222. The van der Waals surface area contributed by atoms with E-state index in [1.165, 1.54) is 17.6 Å². The van der Waals surface area contributed by atoms with Gasteiger partial charge in [-0.1, -0.05) is 61.9 Å². The molecule has 0 aromatic heterocycles. The van der Waals surface area contributed by atoms with Crippen LogP contribution in [0.3, 0.4) is 0 Å². The molecule has 2 aromatic rings. The Hall–Kier alpha value is -2.02. The number of allylic oxidation sites excluding steroid dienone is 1. The van der Waals surface area contributed by atoms with Crippen molar-refractivity contribution >= 4 is 11.6 Å². The molecule has 0 aliphatic carbocycles. The Morgan fingerprint density at radius 3 is 2.37 bits per heavy atom. The molecule has 0 aliphatic rings. The second-order valence-electron chi connectivity index (χ2n) is 4.70. The zero-order valence-electron chi connectivity index (χ0n) is 11.3. The number of aromatic hydroxyl groups is 1. The van der Waals surface area contributed by atoms with Crippen LogP contribution in [0.5, 0.6) is 5.75 Å². The van der Waals surface area contributed by atoms with Gasteiger partial charge < -0.3 is 5.11 Å². The number of rotatable bonds is 5. The Morgan fingerprint density at radius 2 is 1.68 bits per heavy atom. The maximum Gasteiger partial charge on any atom is 0.122 e. The second kappa shape index (κ2) is 6.79. The van der Waals surface area contributed by atoms with Gasteiger partial charge in [-0.3, -0.25) is 0 Å². The van der Waals surface area contributed by atoms with E-state index < -0.39 is 0 Å². The Balaban J connectivity index is 2.35. The van der Waals surface area contributed by atoms with Gasteiger partial charge in [0.1, 0.15) is 5.75 Å². The van der Waals surface area contributed by atoms with Gasteiger partial charge in [-0.25, -0.2) is 0 Å². The fourth-order valence-electron chi connectivity index (χ4n) is 2.12. The smallest absolute Gasteiger partial charge is 0.122 e. The maximum atomic E-state index is 9.89. The van der Waals surface area contributed by atoms with Crippen molar-refractivity contribution < 1.29 is 5.11 Å². The van der Waals surface area contributed by atoms with Crippen LogP contribution in [0.2, 0.25) is 0 Å². The number of para-hydroxylation sites is 1. The van der Waals surface area contributed by atoms with Gasteiger partial charge in [0.2, 0.25) is 0 Å². The fourth-order valence-corrected chi connectivity index (χ4v) is 2.12. The van der Waals surface area contributed by atoms with E-state index in [9.17, 15) is 5.11 Å². The van der Waals surface area contributed by atoms with Crippen LogP contribution in [0.25, 0.3) is 11.6 Å². The zero-order chi connectivity index (χ0) is 13.5. The summed E-state index contributed by atoms with van der Waals surface area (Å²) in [5.41, 5.74) is 3.40. The van der Waals surface area contributed by atoms with E-state index in [0.717, 1.165) is 18.4 Å². The first-order valence-electron chi connectivity index (χ1n) is 6.85. The van der Waals surface area contributed by atoms with Crippen molar-refractivity contribution in [3.05, 3.63) is 65.7 Å². The van der Waals surface area contributed by atoms with Crippen LogP contribution in [0, 0.1) is 0 Å². The van der Waals surface area contributed by atoms with Crippen molar-refractivity contribution in [2.75, 3.05) is 0 Å². The van der Waals surface area contributed by atoms with Crippen LogP contribution in [0.1, 0.15) is 37.3 Å². The van der Waals surface area contributed by atoms with E-state index in [1.807, 2.05) is 24.3 Å². The predicted molar refractivity (Wildman–Crippen MR) is 81.9 cm³/mol. The Labute approximate surface area is 115 Å². The lowest BCUT2D eigenvalue weighted by atomic mass is 9.97. The predicted octanol–water partition coefficient (Wildman–Crippen LogP) is 5.12. The zero-order valence-corrected chi connectivity index (χ0v) is 11.3. The number of hydrogen-bond acceptors (Lipinski definition) is 1. The van der Waals surface area contributed by atoms with Gasteiger partial charge in [0, 0.05) is 5.56 Å². The molecule has 0 atom stereocenters. The molecule has 0 amide bonds. The maximum absolute atomic E-state index is 9.89. The number of phenols is 1. The summed E-state index contributed by atoms with van der Waals surface area (Å²) in [7, 11) is 0. The van der Waals surface area contributed by atoms with Crippen molar-refractivity contribution in [1.29, 1.82) is 0 Å². The molecule has 0 saturated carbocycles. The topological polar surface area (TPSA) is 20.2 Å². The summed E-state index contributed by atoms with van der Waals surface area (Å²) in [6.07, 6.45) is 5.47. The van der Waals surface area contributed by atoms with E-state index in [1.54, 1.807) is 6.07 Å². The molecule has 0 unspecified atom stereocenters. The van der Waals surface area contributed by atoms with Crippen LogP contribution in [-0.2, 0) is 0 Å². The second-order valence-corrected chi connectivity index (χ2v) is 4.70. The molecule has 98 valence electrons. The summed E-state index contributed by atoms with van der Waals surface area (Å²) in [6, 6.07) is 17.9. The number of benzene rings is 2. The molecular weight excluding hydrogens is 232 g/mol. The summed E-state index contributed by atoms with van der Waals surface area (Å²) in [6.45, 7) is 2.20. The molecule has 0 saturated heterocycles. The van der Waals surface area contributed by atoms with E-state index >= 15 is 0 Å². The molecule has 2 aromatic carbocycles. The first-order valence-corrected chi connectivity index (χ1v) is 6.85. The van der Waals surface area contributed by atoms with Crippen LogP contribution >= 0.6 is 0 Å². The van der Waals surface area contributed by atoms with Gasteiger partial charge in [-0.2, -0.15) is 0 Å². The van der Waals surface area contributed by atoms with Crippen molar-refractivity contribution in [3.63, 3.8) is 0 Å². The molecule has 1 heteroatoms. The minimum atomic E-state index is 0.340. The van der Waals surface area contributed by atoms with Crippen LogP contribution in [-0.4, -0.2) is 5.11 Å². The van der Waals surface area contributed by atoms with E-state index in [2.05, 4.69) is 37.3 Å². The van der Waals surface area contributed by atoms with Gasteiger partial charge in [0.05, 0.1) is 0 Å². The third kappa shape index (κ3) is 3.72. The Morgan fingerprint density at radius 1 is 1.00 bits per heavy atom. The molecule has 0 spiro atoms. The van der Waals surface area contributed by atoms with Crippen LogP contribution < -0.4 is 0 Å². The molecule has 1 N–H and O–H groups in total. The van der Waals surface area contributed by atoms with Gasteiger partial charge in [0.25, 0.3) is 0 Å². The first-order chi connectivity index (χ1) is 9.31. The van der Waals surface area contributed by atoms with E-state index in [-0.39, 0.29) is 0 Å².